The Balaban J connectivity index is 1.84. The minimum Gasteiger partial charge on any atom is -0.343 e. The van der Waals surface area contributed by atoms with Gasteiger partial charge in [0, 0.05) is 50.8 Å². The summed E-state index contributed by atoms with van der Waals surface area (Å²) < 4.78 is 1.64. The number of hydrogen-bond donors (Lipinski definition) is 3. The Morgan fingerprint density at radius 2 is 2.18 bits per heavy atom. The highest BCUT2D eigenvalue weighted by molar-refractivity contribution is 6.18. The molecule has 4 N–H and O–H groups in total. The number of carbonyl (C=O) groups is 2. The van der Waals surface area contributed by atoms with Gasteiger partial charge in [-0.15, -0.1) is 5.10 Å². The van der Waals surface area contributed by atoms with Crippen LogP contribution < -0.4 is 15.5 Å². The highest BCUT2D eigenvalue weighted by Gasteiger charge is 2.29. The lowest BCUT2D eigenvalue weighted by Crippen LogP contribution is -2.80. The van der Waals surface area contributed by atoms with E-state index in [9.17, 15) is 9.59 Å². The lowest BCUT2D eigenvalue weighted by molar-refractivity contribution is -0.570. The van der Waals surface area contributed by atoms with Crippen LogP contribution in [0.25, 0.3) is 5.65 Å². The molecule has 0 saturated carbocycles. The molecule has 0 aromatic carbocycles. The summed E-state index contributed by atoms with van der Waals surface area (Å²) in [7, 11) is 3.58. The maximum atomic E-state index is 12.7. The first-order valence-electron chi connectivity index (χ1n) is 9.20. The Labute approximate surface area is 162 Å². The van der Waals surface area contributed by atoms with E-state index in [1.807, 2.05) is 18.9 Å². The molecule has 10 nitrogen and oxygen atoms in total. The molecule has 0 bridgehead atoms. The minimum atomic E-state index is -0.440. The number of aromatic nitrogens is 3. The van der Waals surface area contributed by atoms with E-state index in [1.165, 1.54) is 0 Å². The number of anilines is 2. The number of likely N-dealkylation sites (N-methyl/N-ethyl adjacent to an activating group) is 1. The molecule has 3 rings (SSSR count). The first kappa shape index (κ1) is 19.5. The number of fused-ring (bicyclic) bond motifs is 1. The molecule has 1 fully saturated rings. The number of carbonyl (C=O) groups excluding carboxylic acids is 2. The summed E-state index contributed by atoms with van der Waals surface area (Å²) in [6.07, 6.45) is 3.61. The van der Waals surface area contributed by atoms with Gasteiger partial charge in [0.25, 0.3) is 5.91 Å². The zero-order chi connectivity index (χ0) is 20.3. The number of likely N-dealkylation sites (tertiary alicyclic amines) is 1. The lowest BCUT2D eigenvalue weighted by atomic mass is 10.1. The van der Waals surface area contributed by atoms with Crippen LogP contribution in [0.15, 0.2) is 29.6 Å². The summed E-state index contributed by atoms with van der Waals surface area (Å²) in [4.78, 5) is 33.2. The second-order valence-electron chi connectivity index (χ2n) is 6.50. The largest absolute Gasteiger partial charge is 0.343 e. The second kappa shape index (κ2) is 8.17. The van der Waals surface area contributed by atoms with Crippen LogP contribution in [-0.2, 0) is 9.59 Å². The van der Waals surface area contributed by atoms with Gasteiger partial charge >= 0.3 is 5.91 Å². The molecule has 1 aliphatic rings. The normalized spacial score (nSPS) is 14.3. The fourth-order valence-electron chi connectivity index (χ4n) is 2.80. The molecule has 0 radical (unpaired) electrons. The third-order valence-electron chi connectivity index (χ3n) is 4.74. The molecule has 0 aliphatic carbocycles. The quantitative estimate of drug-likeness (QED) is 0.436. The molecular weight excluding hydrogens is 360 g/mol. The number of hydrogen-bond acceptors (Lipinski definition) is 6. The van der Waals surface area contributed by atoms with Crippen LogP contribution in [0.3, 0.4) is 0 Å². The van der Waals surface area contributed by atoms with Crippen LogP contribution in [0.5, 0.6) is 0 Å². The maximum absolute atomic E-state index is 12.7. The number of nitrogens with one attached hydrogen (secondary N) is 2. The Morgan fingerprint density at radius 3 is 2.75 bits per heavy atom. The highest BCUT2D eigenvalue weighted by Crippen LogP contribution is 2.16. The van der Waals surface area contributed by atoms with E-state index in [0.717, 1.165) is 19.2 Å². The van der Waals surface area contributed by atoms with Gasteiger partial charge in [-0.25, -0.2) is 4.52 Å². The number of pyridine rings is 1. The fraction of sp³-hybridized carbons (Fsp3) is 0.389. The molecule has 1 saturated heterocycles. The van der Waals surface area contributed by atoms with Gasteiger partial charge in [-0.05, 0) is 19.4 Å². The van der Waals surface area contributed by atoms with Gasteiger partial charge in [-0.2, -0.15) is 4.98 Å². The summed E-state index contributed by atoms with van der Waals surface area (Å²) in [6, 6.07) is 3.43. The molecule has 0 atom stereocenters. The summed E-state index contributed by atoms with van der Waals surface area (Å²) in [5.74, 6) is -0.131. The summed E-state index contributed by atoms with van der Waals surface area (Å²) >= 11 is 0. The van der Waals surface area contributed by atoms with Crippen LogP contribution >= 0.6 is 0 Å². The Kier molecular flexibility index (Phi) is 5.69. The summed E-state index contributed by atoms with van der Waals surface area (Å²) in [5, 5.41) is 16.3. The van der Waals surface area contributed by atoms with E-state index in [1.54, 1.807) is 40.1 Å². The van der Waals surface area contributed by atoms with Gasteiger partial charge < -0.3 is 25.8 Å². The van der Waals surface area contributed by atoms with E-state index < -0.39 is 5.91 Å². The standard InChI is InChI=1S/C18H24N8O2/c1-4-24(3)18-22-14-10-12(6-9-26(14)23-18)21-16(27)15(20-2)13(11-19)17(28)25-7-5-8-25/h6,9-11,19-20H,4-5,7-8H2,1-3H3,(H,21,27)/p+1. The van der Waals surface area contributed by atoms with Gasteiger partial charge in [0.2, 0.25) is 11.6 Å². The lowest BCUT2D eigenvalue weighted by Gasteiger charge is -2.31. The van der Waals surface area contributed by atoms with Crippen molar-refractivity contribution in [1.82, 2.24) is 19.5 Å². The molecule has 0 spiro atoms. The fourth-order valence-corrected chi connectivity index (χ4v) is 2.80. The van der Waals surface area contributed by atoms with E-state index in [2.05, 4.69) is 15.4 Å². The highest BCUT2D eigenvalue weighted by atomic mass is 16.2. The van der Waals surface area contributed by atoms with Crippen molar-refractivity contribution in [2.24, 2.45) is 0 Å². The van der Waals surface area contributed by atoms with Crippen LogP contribution in [0.2, 0.25) is 0 Å². The predicted molar refractivity (Wildman–Crippen MR) is 105 cm³/mol. The number of nitrogens with zero attached hydrogens (tertiary/aromatic N) is 5. The van der Waals surface area contributed by atoms with Crippen molar-refractivity contribution < 1.29 is 14.9 Å². The molecule has 0 unspecified atom stereocenters. The van der Waals surface area contributed by atoms with Crippen LogP contribution in [0.1, 0.15) is 13.3 Å². The topological polar surface area (TPSA) is 123 Å². The third kappa shape index (κ3) is 3.72. The molecule has 2 amide bonds. The second-order valence-corrected chi connectivity index (χ2v) is 6.50. The summed E-state index contributed by atoms with van der Waals surface area (Å²) in [6.45, 7) is 4.10. The Hall–Kier alpha value is -3.27. The third-order valence-corrected chi connectivity index (χ3v) is 4.74. The van der Waals surface area contributed by atoms with Crippen LogP contribution in [0, 0.1) is 5.41 Å². The van der Waals surface area contributed by atoms with E-state index in [0.29, 0.717) is 30.4 Å². The molecule has 10 heteroatoms. The number of amides is 2. The average molecular weight is 385 g/mol. The number of nitrogens with two attached hydrogens (primary N) is 1. The van der Waals surface area contributed by atoms with E-state index >= 15 is 0 Å². The molecule has 3 heterocycles. The van der Waals surface area contributed by atoms with Crippen molar-refractivity contribution in [2.75, 3.05) is 43.9 Å². The molecule has 2 aromatic rings. The minimum absolute atomic E-state index is 0.0927. The van der Waals surface area contributed by atoms with Crippen molar-refractivity contribution in [3.05, 3.63) is 29.6 Å². The van der Waals surface area contributed by atoms with Crippen molar-refractivity contribution in [3.63, 3.8) is 0 Å². The van der Waals surface area contributed by atoms with Gasteiger partial charge in [0.15, 0.2) is 5.65 Å². The van der Waals surface area contributed by atoms with Gasteiger partial charge in [0.1, 0.15) is 5.57 Å². The van der Waals surface area contributed by atoms with Crippen LogP contribution in [-0.4, -0.2) is 71.3 Å². The molecule has 148 valence electrons. The zero-order valence-electron chi connectivity index (χ0n) is 16.3. The molecular formula is C18H25N8O2+. The van der Waals surface area contributed by atoms with Crippen molar-refractivity contribution in [3.8, 4) is 0 Å². The van der Waals surface area contributed by atoms with Crippen LogP contribution in [0.4, 0.5) is 11.6 Å². The average Bonchev–Trinajstić information content (AvgIpc) is 3.06. The van der Waals surface area contributed by atoms with Gasteiger partial charge in [0.05, 0.1) is 7.05 Å². The van der Waals surface area contributed by atoms with Gasteiger partial charge in [-0.1, -0.05) is 0 Å². The molecule has 1 aliphatic heterocycles. The van der Waals surface area contributed by atoms with Crippen molar-refractivity contribution in [2.45, 2.75) is 13.3 Å². The molecule has 28 heavy (non-hydrogen) atoms. The number of quaternary nitrogens is 1. The van der Waals surface area contributed by atoms with Crippen molar-refractivity contribution >= 4 is 35.3 Å². The smallest absolute Gasteiger partial charge is 0.310 e. The van der Waals surface area contributed by atoms with E-state index in [4.69, 9.17) is 5.41 Å². The Bertz CT molecular complexity index is 944. The first-order valence-corrected chi connectivity index (χ1v) is 9.20. The SMILES string of the molecule is CCN(C)c1nc2cc(NC(=O)C([NH2+]C)=C(C=N)C(=O)N3CCC3)ccn2n1. The first-order chi connectivity index (χ1) is 13.5. The number of rotatable bonds is 7. The predicted octanol–water partition coefficient (Wildman–Crippen LogP) is -0.547. The zero-order valence-corrected chi connectivity index (χ0v) is 16.3. The maximum Gasteiger partial charge on any atom is 0.310 e. The van der Waals surface area contributed by atoms with Gasteiger partial charge in [-0.3, -0.25) is 9.59 Å². The molecule has 2 aromatic heterocycles. The summed E-state index contributed by atoms with van der Waals surface area (Å²) in [5.41, 5.74) is 1.41. The van der Waals surface area contributed by atoms with Crippen molar-refractivity contribution in [1.29, 1.82) is 5.41 Å². The Morgan fingerprint density at radius 1 is 1.43 bits per heavy atom. The van der Waals surface area contributed by atoms with E-state index in [-0.39, 0.29) is 17.2 Å². The monoisotopic (exact) mass is 385 g/mol.